The highest BCUT2D eigenvalue weighted by atomic mass is 16.1. The van der Waals surface area contributed by atoms with Crippen molar-refractivity contribution in [1.82, 2.24) is 20.3 Å². The molecule has 0 saturated heterocycles. The first-order valence-corrected chi connectivity index (χ1v) is 10.1. The highest BCUT2D eigenvalue weighted by Crippen LogP contribution is 2.40. The van der Waals surface area contributed by atoms with Crippen LogP contribution >= 0.6 is 0 Å². The van der Waals surface area contributed by atoms with Crippen molar-refractivity contribution in [2.75, 3.05) is 0 Å². The number of rotatable bonds is 5. The van der Waals surface area contributed by atoms with Gasteiger partial charge in [0.15, 0.2) is 5.82 Å². The van der Waals surface area contributed by atoms with Crippen LogP contribution in [0.25, 0.3) is 11.4 Å². The zero-order chi connectivity index (χ0) is 20.3. The van der Waals surface area contributed by atoms with Gasteiger partial charge >= 0.3 is 0 Å². The van der Waals surface area contributed by atoms with Crippen molar-refractivity contribution in [3.8, 4) is 11.4 Å². The maximum atomic E-state index is 12.6. The number of nitrogens with one attached hydrogen (secondary N) is 1. The Bertz CT molecular complexity index is 986. The summed E-state index contributed by atoms with van der Waals surface area (Å²) in [6, 6.07) is 13.9. The summed E-state index contributed by atoms with van der Waals surface area (Å²) >= 11 is 0. The Morgan fingerprint density at radius 1 is 1.14 bits per heavy atom. The van der Waals surface area contributed by atoms with E-state index >= 15 is 0 Å². The molecule has 1 amide bonds. The Morgan fingerprint density at radius 2 is 1.97 bits per heavy atom. The molecule has 3 aromatic rings. The van der Waals surface area contributed by atoms with Gasteiger partial charge in [0.1, 0.15) is 0 Å². The van der Waals surface area contributed by atoms with E-state index in [4.69, 9.17) is 4.98 Å². The number of pyridine rings is 1. The third kappa shape index (κ3) is 4.67. The maximum Gasteiger partial charge on any atom is 0.220 e. The molecular formula is C24H26N4O. The lowest BCUT2D eigenvalue weighted by atomic mass is 9.74. The van der Waals surface area contributed by atoms with Crippen molar-refractivity contribution >= 4 is 5.91 Å². The number of aryl methyl sites for hydroxylation is 1. The van der Waals surface area contributed by atoms with Gasteiger partial charge in [0.25, 0.3) is 0 Å². The summed E-state index contributed by atoms with van der Waals surface area (Å²) in [5, 5.41) is 3.23. The second-order valence-corrected chi connectivity index (χ2v) is 8.49. The zero-order valence-electron chi connectivity index (χ0n) is 16.9. The summed E-state index contributed by atoms with van der Waals surface area (Å²) in [6.45, 7) is 4.45. The lowest BCUT2D eigenvalue weighted by molar-refractivity contribution is -0.122. The molecule has 0 saturated carbocycles. The van der Waals surface area contributed by atoms with Gasteiger partial charge in [-0.1, -0.05) is 44.2 Å². The van der Waals surface area contributed by atoms with Gasteiger partial charge < -0.3 is 5.32 Å². The number of aromatic nitrogens is 3. The number of fused-ring (bicyclic) bond motifs is 1. The molecule has 4 rings (SSSR count). The molecule has 0 bridgehead atoms. The lowest BCUT2D eigenvalue weighted by Gasteiger charge is -2.36. The van der Waals surface area contributed by atoms with Crippen LogP contribution in [0.4, 0.5) is 0 Å². The van der Waals surface area contributed by atoms with Crippen LogP contribution < -0.4 is 5.32 Å². The van der Waals surface area contributed by atoms with E-state index < -0.39 is 0 Å². The standard InChI is InChI=1S/C24H26N4O/c1-24(2)13-20(27-22(29)11-10-17-7-4-3-5-8-17)19-16-26-23(28-21(19)14-24)18-9-6-12-25-15-18/h3-9,12,15-16,20H,10-11,13-14H2,1-2H3,(H,27,29)/t20-/m0/s1. The predicted octanol–water partition coefficient (Wildman–Crippen LogP) is 4.30. The van der Waals surface area contributed by atoms with Crippen molar-refractivity contribution < 1.29 is 4.79 Å². The monoisotopic (exact) mass is 386 g/mol. The molecule has 0 aliphatic heterocycles. The van der Waals surface area contributed by atoms with Crippen LogP contribution in [0.15, 0.2) is 61.1 Å². The highest BCUT2D eigenvalue weighted by molar-refractivity contribution is 5.76. The molecule has 0 spiro atoms. The molecule has 5 nitrogen and oxygen atoms in total. The topological polar surface area (TPSA) is 67.8 Å². The van der Waals surface area contributed by atoms with Crippen LogP contribution in [0.2, 0.25) is 0 Å². The average Bonchev–Trinajstić information content (AvgIpc) is 2.72. The number of amides is 1. The molecule has 148 valence electrons. The van der Waals surface area contributed by atoms with Gasteiger partial charge in [-0.3, -0.25) is 9.78 Å². The SMILES string of the molecule is CC1(C)Cc2nc(-c3cccnc3)ncc2[C@@H](NC(=O)CCc2ccccc2)C1. The summed E-state index contributed by atoms with van der Waals surface area (Å²) in [7, 11) is 0. The van der Waals surface area contributed by atoms with E-state index in [1.54, 1.807) is 12.4 Å². The Hall–Kier alpha value is -3.08. The van der Waals surface area contributed by atoms with E-state index in [-0.39, 0.29) is 17.4 Å². The van der Waals surface area contributed by atoms with Crippen molar-refractivity contribution in [2.45, 2.75) is 45.6 Å². The van der Waals surface area contributed by atoms with Gasteiger partial charge in [0.2, 0.25) is 5.91 Å². The largest absolute Gasteiger partial charge is 0.349 e. The number of carbonyl (C=O) groups is 1. The second-order valence-electron chi connectivity index (χ2n) is 8.49. The van der Waals surface area contributed by atoms with Crippen molar-refractivity contribution in [3.63, 3.8) is 0 Å². The fourth-order valence-corrected chi connectivity index (χ4v) is 3.98. The van der Waals surface area contributed by atoms with E-state index in [1.165, 1.54) is 5.56 Å². The number of hydrogen-bond acceptors (Lipinski definition) is 4. The molecule has 1 aliphatic rings. The van der Waals surface area contributed by atoms with Gasteiger partial charge in [0, 0.05) is 36.1 Å². The van der Waals surface area contributed by atoms with Crippen LogP contribution in [0.5, 0.6) is 0 Å². The Kier molecular flexibility index (Phi) is 5.38. The Balaban J connectivity index is 1.52. The van der Waals surface area contributed by atoms with E-state index in [0.29, 0.717) is 12.2 Å². The fourth-order valence-electron chi connectivity index (χ4n) is 3.98. The van der Waals surface area contributed by atoms with Crippen LogP contribution in [0, 0.1) is 5.41 Å². The quantitative estimate of drug-likeness (QED) is 0.710. The van der Waals surface area contributed by atoms with Crippen molar-refractivity contribution in [3.05, 3.63) is 77.9 Å². The summed E-state index contributed by atoms with van der Waals surface area (Å²) in [6.07, 6.45) is 8.37. The molecule has 2 aromatic heterocycles. The van der Waals surface area contributed by atoms with E-state index in [0.717, 1.165) is 36.1 Å². The molecule has 0 radical (unpaired) electrons. The third-order valence-electron chi connectivity index (χ3n) is 5.42. The van der Waals surface area contributed by atoms with Crippen LogP contribution in [-0.2, 0) is 17.6 Å². The summed E-state index contributed by atoms with van der Waals surface area (Å²) in [4.78, 5) is 26.2. The van der Waals surface area contributed by atoms with Gasteiger partial charge in [-0.2, -0.15) is 0 Å². The van der Waals surface area contributed by atoms with Gasteiger partial charge in [-0.15, -0.1) is 0 Å². The minimum absolute atomic E-state index is 0.0556. The Labute approximate surface area is 171 Å². The van der Waals surface area contributed by atoms with Gasteiger partial charge in [0.05, 0.1) is 11.7 Å². The number of nitrogens with zero attached hydrogens (tertiary/aromatic N) is 3. The molecule has 1 aromatic carbocycles. The average molecular weight is 386 g/mol. The fraction of sp³-hybridized carbons (Fsp3) is 0.333. The highest BCUT2D eigenvalue weighted by Gasteiger charge is 2.34. The van der Waals surface area contributed by atoms with Gasteiger partial charge in [-0.05, 0) is 42.4 Å². The molecule has 5 heteroatoms. The van der Waals surface area contributed by atoms with Crippen molar-refractivity contribution in [2.24, 2.45) is 5.41 Å². The number of benzene rings is 1. The first-order valence-electron chi connectivity index (χ1n) is 10.1. The summed E-state index contributed by atoms with van der Waals surface area (Å²) in [5.41, 5.74) is 4.19. The lowest BCUT2D eigenvalue weighted by Crippen LogP contribution is -2.37. The minimum Gasteiger partial charge on any atom is -0.349 e. The smallest absolute Gasteiger partial charge is 0.220 e. The van der Waals surface area contributed by atoms with Crippen LogP contribution in [0.1, 0.15) is 49.6 Å². The van der Waals surface area contributed by atoms with E-state index in [9.17, 15) is 4.79 Å². The van der Waals surface area contributed by atoms with Crippen LogP contribution in [0.3, 0.4) is 0 Å². The number of hydrogen-bond donors (Lipinski definition) is 1. The molecule has 0 fully saturated rings. The molecule has 1 N–H and O–H groups in total. The molecular weight excluding hydrogens is 360 g/mol. The minimum atomic E-state index is -0.0556. The predicted molar refractivity (Wildman–Crippen MR) is 113 cm³/mol. The normalized spacial score (nSPS) is 17.4. The zero-order valence-corrected chi connectivity index (χ0v) is 16.9. The first-order chi connectivity index (χ1) is 14.0. The molecule has 1 aliphatic carbocycles. The Morgan fingerprint density at radius 3 is 2.72 bits per heavy atom. The van der Waals surface area contributed by atoms with E-state index in [1.807, 2.05) is 36.5 Å². The molecule has 1 atom stereocenters. The molecule has 29 heavy (non-hydrogen) atoms. The van der Waals surface area contributed by atoms with Crippen molar-refractivity contribution in [1.29, 1.82) is 0 Å². The first kappa shape index (κ1) is 19.2. The van der Waals surface area contributed by atoms with Crippen LogP contribution in [-0.4, -0.2) is 20.9 Å². The summed E-state index contributed by atoms with van der Waals surface area (Å²) < 4.78 is 0. The van der Waals surface area contributed by atoms with E-state index in [2.05, 4.69) is 41.3 Å². The molecule has 0 unspecified atom stereocenters. The third-order valence-corrected chi connectivity index (χ3v) is 5.42. The summed E-state index contributed by atoms with van der Waals surface area (Å²) in [5.74, 6) is 0.752. The molecule has 2 heterocycles. The maximum absolute atomic E-state index is 12.6. The number of carbonyl (C=O) groups excluding carboxylic acids is 1. The van der Waals surface area contributed by atoms with Gasteiger partial charge in [-0.25, -0.2) is 9.97 Å². The second kappa shape index (κ2) is 8.11.